The highest BCUT2D eigenvalue weighted by molar-refractivity contribution is 7.22. The van der Waals surface area contributed by atoms with Gasteiger partial charge in [0.05, 0.1) is 10.2 Å². The van der Waals surface area contributed by atoms with Crippen LogP contribution in [0.4, 0.5) is 5.13 Å². The summed E-state index contributed by atoms with van der Waals surface area (Å²) in [5.41, 5.74) is 0.984. The average molecular weight is 289 g/mol. The molecular weight excluding hydrogens is 270 g/mol. The van der Waals surface area contributed by atoms with Gasteiger partial charge in [0, 0.05) is 13.1 Å². The molecule has 0 aliphatic carbocycles. The number of thiazole rings is 1. The lowest BCUT2D eigenvalue weighted by molar-refractivity contribution is -0.132. The Hall–Kier alpha value is -1.62. The Labute approximate surface area is 122 Å². The second kappa shape index (κ2) is 5.79. The van der Waals surface area contributed by atoms with Crippen molar-refractivity contribution < 1.29 is 4.79 Å². The Morgan fingerprint density at radius 3 is 2.80 bits per heavy atom. The van der Waals surface area contributed by atoms with Crippen molar-refractivity contribution in [1.82, 2.24) is 9.88 Å². The normalized spacial score (nSPS) is 17.1. The van der Waals surface area contributed by atoms with E-state index in [1.807, 2.05) is 30.0 Å². The quantitative estimate of drug-likeness (QED) is 0.944. The van der Waals surface area contributed by atoms with Crippen LogP contribution in [-0.4, -0.2) is 34.9 Å². The molecule has 1 N–H and O–H groups in total. The molecule has 0 spiro atoms. The zero-order valence-electron chi connectivity index (χ0n) is 11.6. The van der Waals surface area contributed by atoms with Crippen LogP contribution in [-0.2, 0) is 4.79 Å². The zero-order valence-corrected chi connectivity index (χ0v) is 12.4. The number of hydrogen-bond donors (Lipinski definition) is 1. The van der Waals surface area contributed by atoms with Gasteiger partial charge in [-0.05, 0) is 38.3 Å². The maximum absolute atomic E-state index is 12.4. The topological polar surface area (TPSA) is 45.2 Å². The lowest BCUT2D eigenvalue weighted by Crippen LogP contribution is -2.43. The molecular formula is C15H19N3OS. The van der Waals surface area contributed by atoms with E-state index in [4.69, 9.17) is 0 Å². The lowest BCUT2D eigenvalue weighted by Gasteiger charge is -2.29. The molecule has 1 fully saturated rings. The largest absolute Gasteiger partial charge is 0.350 e. The molecule has 1 aromatic heterocycles. The Bertz CT molecular complexity index is 571. The Balaban J connectivity index is 1.68. The smallest absolute Gasteiger partial charge is 0.244 e. The third kappa shape index (κ3) is 2.77. The van der Waals surface area contributed by atoms with Gasteiger partial charge >= 0.3 is 0 Å². The number of nitrogens with zero attached hydrogens (tertiary/aromatic N) is 2. The number of para-hydroxylation sites is 1. The van der Waals surface area contributed by atoms with Crippen LogP contribution in [0.5, 0.6) is 0 Å². The standard InChI is InChI=1S/C15H19N3OS/c1-11(14(19)18-9-5-2-6-10-18)16-15-17-12-7-3-4-8-13(12)20-15/h3-4,7-8,11H,2,5-6,9-10H2,1H3,(H,16,17). The number of carbonyl (C=O) groups excluding carboxylic acids is 1. The molecule has 0 bridgehead atoms. The molecule has 1 aromatic carbocycles. The van der Waals surface area contributed by atoms with E-state index >= 15 is 0 Å². The average Bonchev–Trinajstić information content (AvgIpc) is 2.89. The van der Waals surface area contributed by atoms with Crippen molar-refractivity contribution in [1.29, 1.82) is 0 Å². The Morgan fingerprint density at radius 2 is 2.05 bits per heavy atom. The van der Waals surface area contributed by atoms with Gasteiger partial charge in [-0.2, -0.15) is 0 Å². The van der Waals surface area contributed by atoms with Crippen molar-refractivity contribution in [2.75, 3.05) is 18.4 Å². The summed E-state index contributed by atoms with van der Waals surface area (Å²) in [5, 5.41) is 4.07. The van der Waals surface area contributed by atoms with Crippen LogP contribution in [0.3, 0.4) is 0 Å². The predicted octanol–water partition coefficient (Wildman–Crippen LogP) is 3.11. The van der Waals surface area contributed by atoms with Gasteiger partial charge in [0.1, 0.15) is 6.04 Å². The maximum Gasteiger partial charge on any atom is 0.244 e. The molecule has 1 aliphatic heterocycles. The van der Waals surface area contributed by atoms with Crippen LogP contribution in [0.1, 0.15) is 26.2 Å². The summed E-state index contributed by atoms with van der Waals surface area (Å²) in [6.45, 7) is 3.71. The fourth-order valence-electron chi connectivity index (χ4n) is 2.57. The molecule has 106 valence electrons. The number of carbonyl (C=O) groups is 1. The lowest BCUT2D eigenvalue weighted by atomic mass is 10.1. The van der Waals surface area contributed by atoms with Gasteiger partial charge in [-0.15, -0.1) is 0 Å². The molecule has 3 rings (SSSR count). The third-order valence-electron chi connectivity index (χ3n) is 3.67. The highest BCUT2D eigenvalue weighted by atomic mass is 32.1. The molecule has 0 radical (unpaired) electrons. The number of fused-ring (bicyclic) bond motifs is 1. The second-order valence-electron chi connectivity index (χ2n) is 5.24. The van der Waals surface area contributed by atoms with Crippen LogP contribution < -0.4 is 5.32 Å². The molecule has 0 saturated carbocycles. The van der Waals surface area contributed by atoms with Crippen molar-refractivity contribution in [3.63, 3.8) is 0 Å². The van der Waals surface area contributed by atoms with E-state index < -0.39 is 0 Å². The van der Waals surface area contributed by atoms with Crippen LogP contribution in [0.2, 0.25) is 0 Å². The SMILES string of the molecule is CC(Nc1nc2ccccc2s1)C(=O)N1CCCCC1. The summed E-state index contributed by atoms with van der Waals surface area (Å²) in [4.78, 5) is 18.8. The number of hydrogen-bond acceptors (Lipinski definition) is 4. The Kier molecular flexibility index (Phi) is 3.87. The highest BCUT2D eigenvalue weighted by Crippen LogP contribution is 2.26. The molecule has 1 unspecified atom stereocenters. The van der Waals surface area contributed by atoms with Gasteiger partial charge in [0.25, 0.3) is 0 Å². The fraction of sp³-hybridized carbons (Fsp3) is 0.467. The van der Waals surface area contributed by atoms with Crippen molar-refractivity contribution in [3.8, 4) is 0 Å². The highest BCUT2D eigenvalue weighted by Gasteiger charge is 2.22. The summed E-state index contributed by atoms with van der Waals surface area (Å²) >= 11 is 1.60. The Morgan fingerprint density at radius 1 is 1.30 bits per heavy atom. The fourth-order valence-corrected chi connectivity index (χ4v) is 3.52. The molecule has 1 amide bonds. The third-order valence-corrected chi connectivity index (χ3v) is 4.64. The van der Waals surface area contributed by atoms with Gasteiger partial charge in [0.15, 0.2) is 5.13 Å². The summed E-state index contributed by atoms with van der Waals surface area (Å²) in [6.07, 6.45) is 3.49. The number of piperidine rings is 1. The first kappa shape index (κ1) is 13.4. The minimum absolute atomic E-state index is 0.184. The van der Waals surface area contributed by atoms with Crippen molar-refractivity contribution in [2.24, 2.45) is 0 Å². The van der Waals surface area contributed by atoms with Crippen LogP contribution in [0, 0.1) is 0 Å². The van der Waals surface area contributed by atoms with E-state index in [2.05, 4.69) is 16.4 Å². The number of likely N-dealkylation sites (tertiary alicyclic amines) is 1. The number of benzene rings is 1. The molecule has 2 heterocycles. The number of amides is 1. The van der Waals surface area contributed by atoms with E-state index in [0.29, 0.717) is 0 Å². The van der Waals surface area contributed by atoms with Crippen molar-refractivity contribution in [2.45, 2.75) is 32.2 Å². The number of aromatic nitrogens is 1. The van der Waals surface area contributed by atoms with Gasteiger partial charge in [-0.1, -0.05) is 23.5 Å². The van der Waals surface area contributed by atoms with Crippen LogP contribution >= 0.6 is 11.3 Å². The molecule has 1 saturated heterocycles. The molecule has 1 atom stereocenters. The van der Waals surface area contributed by atoms with Gasteiger partial charge in [-0.3, -0.25) is 4.79 Å². The summed E-state index contributed by atoms with van der Waals surface area (Å²) < 4.78 is 1.15. The first-order valence-electron chi connectivity index (χ1n) is 7.15. The number of anilines is 1. The van der Waals surface area contributed by atoms with E-state index in [0.717, 1.165) is 41.3 Å². The summed E-state index contributed by atoms with van der Waals surface area (Å²) in [7, 11) is 0. The second-order valence-corrected chi connectivity index (χ2v) is 6.27. The molecule has 4 nitrogen and oxygen atoms in total. The minimum Gasteiger partial charge on any atom is -0.350 e. The van der Waals surface area contributed by atoms with Gasteiger partial charge < -0.3 is 10.2 Å². The maximum atomic E-state index is 12.4. The predicted molar refractivity (Wildman–Crippen MR) is 83.1 cm³/mol. The molecule has 1 aliphatic rings. The van der Waals surface area contributed by atoms with Crippen LogP contribution in [0.15, 0.2) is 24.3 Å². The van der Waals surface area contributed by atoms with Gasteiger partial charge in [-0.25, -0.2) is 4.98 Å². The van der Waals surface area contributed by atoms with Gasteiger partial charge in [0.2, 0.25) is 5.91 Å². The van der Waals surface area contributed by atoms with Crippen molar-refractivity contribution >= 4 is 32.6 Å². The number of rotatable bonds is 3. The molecule has 20 heavy (non-hydrogen) atoms. The molecule has 2 aromatic rings. The summed E-state index contributed by atoms with van der Waals surface area (Å²) in [5.74, 6) is 0.184. The van der Waals surface area contributed by atoms with E-state index in [1.54, 1.807) is 11.3 Å². The van der Waals surface area contributed by atoms with E-state index in [-0.39, 0.29) is 11.9 Å². The number of nitrogens with one attached hydrogen (secondary N) is 1. The van der Waals surface area contributed by atoms with Crippen LogP contribution in [0.25, 0.3) is 10.2 Å². The zero-order chi connectivity index (χ0) is 13.9. The van der Waals surface area contributed by atoms with Crippen molar-refractivity contribution in [3.05, 3.63) is 24.3 Å². The molecule has 5 heteroatoms. The van der Waals surface area contributed by atoms with E-state index in [9.17, 15) is 4.79 Å². The minimum atomic E-state index is -0.214. The monoisotopic (exact) mass is 289 g/mol. The first-order valence-corrected chi connectivity index (χ1v) is 7.96. The van der Waals surface area contributed by atoms with E-state index in [1.165, 1.54) is 6.42 Å². The summed E-state index contributed by atoms with van der Waals surface area (Å²) in [6, 6.07) is 7.82. The first-order chi connectivity index (χ1) is 9.74.